The molecular weight excluding hydrogens is 247 g/mol. The van der Waals surface area contributed by atoms with Crippen LogP contribution in [0, 0.1) is 0 Å². The highest BCUT2D eigenvalue weighted by atomic mass is 32.1. The SMILES string of the molecule is O=P(CCS)(c1ccccc1)c1ccccc1. The van der Waals surface area contributed by atoms with Gasteiger partial charge in [0.05, 0.1) is 0 Å². The average Bonchev–Trinajstić information content (AvgIpc) is 2.41. The van der Waals surface area contributed by atoms with Gasteiger partial charge in [-0.2, -0.15) is 12.6 Å². The molecule has 0 heterocycles. The van der Waals surface area contributed by atoms with Crippen molar-refractivity contribution in [3.05, 3.63) is 60.7 Å². The average molecular weight is 262 g/mol. The summed E-state index contributed by atoms with van der Waals surface area (Å²) in [5.41, 5.74) is 0. The first-order valence-electron chi connectivity index (χ1n) is 5.58. The van der Waals surface area contributed by atoms with Crippen LogP contribution in [0.15, 0.2) is 60.7 Å². The normalized spacial score (nSPS) is 11.4. The van der Waals surface area contributed by atoms with Crippen molar-refractivity contribution in [2.45, 2.75) is 0 Å². The van der Waals surface area contributed by atoms with Gasteiger partial charge in [-0.25, -0.2) is 0 Å². The molecule has 0 atom stereocenters. The van der Waals surface area contributed by atoms with E-state index in [0.29, 0.717) is 11.9 Å². The number of thiol groups is 1. The number of rotatable bonds is 4. The van der Waals surface area contributed by atoms with Gasteiger partial charge < -0.3 is 4.57 Å². The zero-order valence-electron chi connectivity index (χ0n) is 9.49. The topological polar surface area (TPSA) is 17.1 Å². The Morgan fingerprint density at radius 3 is 1.59 bits per heavy atom. The van der Waals surface area contributed by atoms with E-state index in [1.54, 1.807) is 0 Å². The predicted octanol–water partition coefficient (Wildman–Crippen LogP) is 2.93. The minimum absolute atomic E-state index is 0.601. The molecule has 0 aliphatic carbocycles. The monoisotopic (exact) mass is 262 g/mol. The predicted molar refractivity (Wildman–Crippen MR) is 78.5 cm³/mol. The minimum Gasteiger partial charge on any atom is -0.314 e. The van der Waals surface area contributed by atoms with Crippen LogP contribution in [0.5, 0.6) is 0 Å². The van der Waals surface area contributed by atoms with E-state index in [9.17, 15) is 4.57 Å². The van der Waals surface area contributed by atoms with Gasteiger partial charge in [-0.05, 0) is 5.75 Å². The first-order chi connectivity index (χ1) is 8.27. The molecule has 0 aliphatic heterocycles. The summed E-state index contributed by atoms with van der Waals surface area (Å²) in [6.07, 6.45) is 0.601. The van der Waals surface area contributed by atoms with E-state index >= 15 is 0 Å². The lowest BCUT2D eigenvalue weighted by Gasteiger charge is -2.18. The Labute approximate surface area is 108 Å². The smallest absolute Gasteiger partial charge is 0.144 e. The molecule has 88 valence electrons. The molecule has 2 aromatic carbocycles. The van der Waals surface area contributed by atoms with Gasteiger partial charge in [-0.1, -0.05) is 60.7 Å². The second kappa shape index (κ2) is 5.57. The summed E-state index contributed by atoms with van der Waals surface area (Å²) in [4.78, 5) is 0. The fourth-order valence-electron chi connectivity index (χ4n) is 1.89. The van der Waals surface area contributed by atoms with Crippen LogP contribution in [0.4, 0.5) is 0 Å². The third kappa shape index (κ3) is 2.65. The van der Waals surface area contributed by atoms with Gasteiger partial charge in [0.15, 0.2) is 0 Å². The van der Waals surface area contributed by atoms with Gasteiger partial charge in [0, 0.05) is 16.8 Å². The van der Waals surface area contributed by atoms with Crippen LogP contribution >= 0.6 is 19.8 Å². The molecule has 0 aliphatic rings. The summed E-state index contributed by atoms with van der Waals surface area (Å²) >= 11 is 4.24. The third-order valence-corrected chi connectivity index (χ3v) is 6.46. The van der Waals surface area contributed by atoms with E-state index in [-0.39, 0.29) is 0 Å². The van der Waals surface area contributed by atoms with E-state index in [1.807, 2.05) is 60.7 Å². The molecule has 2 aromatic rings. The summed E-state index contributed by atoms with van der Waals surface area (Å²) < 4.78 is 13.2. The zero-order valence-corrected chi connectivity index (χ0v) is 11.3. The maximum Gasteiger partial charge on any atom is 0.144 e. The number of hydrogen-bond donors (Lipinski definition) is 1. The fraction of sp³-hybridized carbons (Fsp3) is 0.143. The van der Waals surface area contributed by atoms with Crippen LogP contribution in [0.3, 0.4) is 0 Å². The van der Waals surface area contributed by atoms with Crippen molar-refractivity contribution in [1.29, 1.82) is 0 Å². The van der Waals surface area contributed by atoms with E-state index in [1.165, 1.54) is 0 Å². The molecule has 0 saturated heterocycles. The Kier molecular flexibility index (Phi) is 4.09. The Bertz CT molecular complexity index is 467. The molecule has 0 fully saturated rings. The highest BCUT2D eigenvalue weighted by Crippen LogP contribution is 2.42. The van der Waals surface area contributed by atoms with Crippen molar-refractivity contribution in [1.82, 2.24) is 0 Å². The molecule has 0 N–H and O–H groups in total. The lowest BCUT2D eigenvalue weighted by Crippen LogP contribution is -2.18. The van der Waals surface area contributed by atoms with Crippen LogP contribution < -0.4 is 10.6 Å². The van der Waals surface area contributed by atoms with Crippen molar-refractivity contribution in [3.63, 3.8) is 0 Å². The first-order valence-corrected chi connectivity index (χ1v) is 8.11. The van der Waals surface area contributed by atoms with Crippen molar-refractivity contribution in [3.8, 4) is 0 Å². The van der Waals surface area contributed by atoms with Crippen LogP contribution in [0.2, 0.25) is 0 Å². The van der Waals surface area contributed by atoms with Crippen LogP contribution in [0.25, 0.3) is 0 Å². The summed E-state index contributed by atoms with van der Waals surface area (Å²) in [7, 11) is -2.50. The van der Waals surface area contributed by atoms with Gasteiger partial charge in [0.2, 0.25) is 0 Å². The van der Waals surface area contributed by atoms with E-state index in [0.717, 1.165) is 10.6 Å². The molecule has 2 rings (SSSR count). The van der Waals surface area contributed by atoms with Crippen LogP contribution in [-0.4, -0.2) is 11.9 Å². The third-order valence-electron chi connectivity index (χ3n) is 2.76. The maximum atomic E-state index is 13.2. The first kappa shape index (κ1) is 12.5. The van der Waals surface area contributed by atoms with Crippen molar-refractivity contribution in [2.75, 3.05) is 11.9 Å². The lowest BCUT2D eigenvalue weighted by atomic mass is 10.4. The lowest BCUT2D eigenvalue weighted by molar-refractivity contribution is 0.588. The molecule has 0 saturated carbocycles. The zero-order chi connectivity index (χ0) is 12.1. The fourth-order valence-corrected chi connectivity index (χ4v) is 5.13. The molecule has 1 nitrogen and oxygen atoms in total. The molecule has 17 heavy (non-hydrogen) atoms. The second-order valence-corrected chi connectivity index (χ2v) is 7.26. The van der Waals surface area contributed by atoms with E-state index in [4.69, 9.17) is 0 Å². The summed E-state index contributed by atoms with van der Waals surface area (Å²) in [5, 5.41) is 1.83. The van der Waals surface area contributed by atoms with Gasteiger partial charge >= 0.3 is 0 Å². The second-order valence-electron chi connectivity index (χ2n) is 3.86. The van der Waals surface area contributed by atoms with E-state index in [2.05, 4.69) is 12.6 Å². The Hall–Kier alpha value is -0.980. The minimum atomic E-state index is -2.50. The van der Waals surface area contributed by atoms with Gasteiger partial charge in [0.25, 0.3) is 0 Å². The van der Waals surface area contributed by atoms with Crippen molar-refractivity contribution < 1.29 is 4.57 Å². The summed E-state index contributed by atoms with van der Waals surface area (Å²) in [6, 6.07) is 19.4. The highest BCUT2D eigenvalue weighted by Gasteiger charge is 2.25. The molecule has 0 radical (unpaired) electrons. The molecular formula is C14H15OPS. The highest BCUT2D eigenvalue weighted by molar-refractivity contribution is 7.83. The Morgan fingerprint density at radius 2 is 1.24 bits per heavy atom. The largest absolute Gasteiger partial charge is 0.314 e. The van der Waals surface area contributed by atoms with Crippen LogP contribution in [0.1, 0.15) is 0 Å². The standard InChI is InChI=1S/C14H15OPS/c15-16(11-12-17,13-7-3-1-4-8-13)14-9-5-2-6-10-14/h1-10,17H,11-12H2. The molecule has 0 amide bonds. The van der Waals surface area contributed by atoms with Gasteiger partial charge in [0.1, 0.15) is 7.14 Å². The number of hydrogen-bond acceptors (Lipinski definition) is 2. The Morgan fingerprint density at radius 1 is 0.824 bits per heavy atom. The quantitative estimate of drug-likeness (QED) is 0.662. The Balaban J connectivity index is 2.51. The number of benzene rings is 2. The van der Waals surface area contributed by atoms with Gasteiger partial charge in [-0.3, -0.25) is 0 Å². The van der Waals surface area contributed by atoms with Crippen molar-refractivity contribution in [2.24, 2.45) is 0 Å². The molecule has 0 bridgehead atoms. The van der Waals surface area contributed by atoms with Gasteiger partial charge in [-0.15, -0.1) is 0 Å². The molecule has 0 unspecified atom stereocenters. The van der Waals surface area contributed by atoms with E-state index < -0.39 is 7.14 Å². The molecule has 3 heteroatoms. The molecule has 0 aromatic heterocycles. The summed E-state index contributed by atoms with van der Waals surface area (Å²) in [6.45, 7) is 0. The molecule has 0 spiro atoms. The van der Waals surface area contributed by atoms with Crippen molar-refractivity contribution >= 4 is 30.4 Å². The maximum absolute atomic E-state index is 13.2. The summed E-state index contributed by atoms with van der Waals surface area (Å²) in [5.74, 6) is 0.626. The van der Waals surface area contributed by atoms with Crippen LogP contribution in [-0.2, 0) is 4.57 Å².